The van der Waals surface area contributed by atoms with Crippen molar-refractivity contribution in [3.8, 4) is 0 Å². The standard InChI is InChI=1S/C12H25O2P.H3N.HOPS/c1-7(2)10-13-11(8(3)4)15-12(14-10)9(5)6;;1-2-3/h7-12,15H,1-6H3;1H3;(H,1,3)/p+1. The van der Waals surface area contributed by atoms with E-state index >= 15 is 0 Å². The summed E-state index contributed by atoms with van der Waals surface area (Å²) in [4.78, 5) is 0. The van der Waals surface area contributed by atoms with Crippen molar-refractivity contribution in [1.82, 2.24) is 6.15 Å². The third-order valence-corrected chi connectivity index (χ3v) is 4.91. The lowest BCUT2D eigenvalue weighted by Crippen LogP contribution is -2.39. The van der Waals surface area contributed by atoms with Crippen molar-refractivity contribution in [2.75, 3.05) is 0 Å². The highest BCUT2D eigenvalue weighted by Crippen LogP contribution is 2.42. The monoisotopic (exact) mass is 330 g/mol. The van der Waals surface area contributed by atoms with Crippen LogP contribution in [-0.4, -0.2) is 18.0 Å². The van der Waals surface area contributed by atoms with Gasteiger partial charge in [0.25, 0.3) is 0 Å². The molecule has 4 N–H and O–H groups in total. The molecule has 0 aliphatic carbocycles. The van der Waals surface area contributed by atoms with E-state index in [2.05, 4.69) is 53.8 Å². The van der Waals surface area contributed by atoms with Gasteiger partial charge in [-0.2, -0.15) is 0 Å². The molecule has 1 heterocycles. The van der Waals surface area contributed by atoms with Crippen molar-refractivity contribution in [3.63, 3.8) is 0 Å². The Labute approximate surface area is 126 Å². The Hall–Kier alpha value is 0.760. The van der Waals surface area contributed by atoms with Gasteiger partial charge in [0, 0.05) is 5.92 Å². The highest BCUT2D eigenvalue weighted by atomic mass is 32.7. The molecule has 0 amide bonds. The van der Waals surface area contributed by atoms with E-state index in [9.17, 15) is 0 Å². The van der Waals surface area contributed by atoms with Crippen LogP contribution < -0.4 is 6.15 Å². The molecule has 0 aromatic carbocycles. The molecule has 1 rings (SSSR count). The van der Waals surface area contributed by atoms with Gasteiger partial charge in [-0.15, -0.1) is 0 Å². The van der Waals surface area contributed by atoms with Crippen LogP contribution in [0.3, 0.4) is 0 Å². The minimum Gasteiger partial charge on any atom is -0.369 e. The van der Waals surface area contributed by atoms with E-state index in [1.54, 1.807) is 0 Å². The Morgan fingerprint density at radius 1 is 0.947 bits per heavy atom. The minimum atomic E-state index is -0.139. The predicted octanol–water partition coefficient (Wildman–Crippen LogP) is 5.16. The van der Waals surface area contributed by atoms with Crippen LogP contribution >= 0.6 is 28.5 Å². The Morgan fingerprint density at radius 3 is 1.47 bits per heavy atom. The van der Waals surface area contributed by atoms with Crippen LogP contribution in [0.4, 0.5) is 0 Å². The summed E-state index contributed by atoms with van der Waals surface area (Å²) >= 11 is 3.21. The topological polar surface area (TPSA) is 72.0 Å². The van der Waals surface area contributed by atoms with Gasteiger partial charge in [0.2, 0.25) is 7.66 Å². The fourth-order valence-corrected chi connectivity index (χ4v) is 3.09. The van der Waals surface area contributed by atoms with Gasteiger partial charge in [-0.1, -0.05) is 62.4 Å². The summed E-state index contributed by atoms with van der Waals surface area (Å²) < 4.78 is 20.7. The third-order valence-electron chi connectivity index (χ3n) is 2.65. The van der Waals surface area contributed by atoms with E-state index < -0.39 is 0 Å². The summed E-state index contributed by atoms with van der Waals surface area (Å²) in [5.74, 6) is 2.40. The number of ether oxygens (including phenoxy) is 2. The molecule has 0 saturated carbocycles. The maximum Gasteiger partial charge on any atom is 0.223 e. The van der Waals surface area contributed by atoms with Crippen LogP contribution in [-0.2, 0) is 14.0 Å². The lowest BCUT2D eigenvalue weighted by Gasteiger charge is -2.40. The number of thiol groups is 1. The molecule has 0 aromatic heterocycles. The van der Waals surface area contributed by atoms with Crippen LogP contribution in [0.25, 0.3) is 0 Å². The molecule has 19 heavy (non-hydrogen) atoms. The quantitative estimate of drug-likeness (QED) is 0.555. The van der Waals surface area contributed by atoms with E-state index in [0.29, 0.717) is 29.4 Å². The van der Waals surface area contributed by atoms with Gasteiger partial charge in [-0.3, -0.25) is 4.57 Å². The van der Waals surface area contributed by atoms with Crippen molar-refractivity contribution in [1.29, 1.82) is 0 Å². The first kappa shape index (κ1) is 22.0. The number of rotatable bonds is 3. The average molecular weight is 330 g/mol. The Morgan fingerprint density at radius 2 is 1.26 bits per heavy atom. The SMILES string of the molecule is CC(C)C1OC(C(C)C)PC(C(C)C)O1.O=PS.[NH4+]. The first-order valence-electron chi connectivity index (χ1n) is 6.37. The second-order valence-electron chi connectivity index (χ2n) is 5.46. The number of quaternary nitrogens is 1. The number of hydrogen-bond donors (Lipinski definition) is 2. The molecular weight excluding hydrogens is 300 g/mol. The van der Waals surface area contributed by atoms with Gasteiger partial charge in [0.15, 0.2) is 6.29 Å². The van der Waals surface area contributed by atoms with E-state index in [0.717, 1.165) is 8.58 Å². The largest absolute Gasteiger partial charge is 0.369 e. The summed E-state index contributed by atoms with van der Waals surface area (Å²) in [5, 5.41) is 0. The maximum atomic E-state index is 8.77. The molecule has 1 saturated heterocycles. The Kier molecular flexibility index (Phi) is 13.3. The normalized spacial score (nSPS) is 28.4. The number of hydrogen-bond acceptors (Lipinski definition) is 3. The highest BCUT2D eigenvalue weighted by Gasteiger charge is 2.34. The Balaban J connectivity index is 0. The molecule has 2 atom stereocenters. The van der Waals surface area contributed by atoms with Crippen LogP contribution in [0, 0.1) is 17.8 Å². The van der Waals surface area contributed by atoms with E-state index in [4.69, 9.17) is 14.0 Å². The average Bonchev–Trinajstić information content (AvgIpc) is 2.29. The van der Waals surface area contributed by atoms with Gasteiger partial charge in [-0.25, -0.2) is 0 Å². The van der Waals surface area contributed by atoms with Gasteiger partial charge in [0.05, 0.1) is 11.7 Å². The molecule has 7 heteroatoms. The molecule has 116 valence electrons. The van der Waals surface area contributed by atoms with Crippen molar-refractivity contribution in [2.24, 2.45) is 17.8 Å². The van der Waals surface area contributed by atoms with Gasteiger partial charge in [-0.05, 0) is 11.8 Å². The first-order valence-corrected chi connectivity index (χ1v) is 9.49. The zero-order chi connectivity index (χ0) is 14.3. The van der Waals surface area contributed by atoms with Gasteiger partial charge >= 0.3 is 0 Å². The van der Waals surface area contributed by atoms with E-state index in [1.165, 1.54) is 0 Å². The summed E-state index contributed by atoms with van der Waals surface area (Å²) in [6.07, 6.45) is -0.00829. The predicted molar refractivity (Wildman–Crippen MR) is 88.9 cm³/mol. The zero-order valence-electron chi connectivity index (χ0n) is 13.1. The van der Waals surface area contributed by atoms with Crippen LogP contribution in [0.5, 0.6) is 0 Å². The molecule has 2 unspecified atom stereocenters. The Bertz CT molecular complexity index is 204. The fourth-order valence-electron chi connectivity index (χ4n) is 1.57. The minimum absolute atomic E-state index is 0. The second-order valence-corrected chi connectivity index (χ2v) is 7.59. The van der Waals surface area contributed by atoms with Crippen molar-refractivity contribution < 1.29 is 14.0 Å². The fraction of sp³-hybridized carbons (Fsp3) is 1.00. The van der Waals surface area contributed by atoms with Gasteiger partial charge in [0.1, 0.15) is 0 Å². The summed E-state index contributed by atoms with van der Waals surface area (Å²) in [6.45, 7) is 13.3. The molecule has 4 nitrogen and oxygen atoms in total. The maximum absolute atomic E-state index is 8.77. The van der Waals surface area contributed by atoms with Crippen molar-refractivity contribution in [2.45, 2.75) is 59.5 Å². The lowest BCUT2D eigenvalue weighted by molar-refractivity contribution is -0.209. The van der Waals surface area contributed by atoms with Crippen LogP contribution in [0.1, 0.15) is 41.5 Å². The molecule has 0 aromatic rings. The molecule has 1 fully saturated rings. The van der Waals surface area contributed by atoms with Gasteiger partial charge < -0.3 is 15.6 Å². The first-order chi connectivity index (χ1) is 8.33. The van der Waals surface area contributed by atoms with Crippen molar-refractivity contribution in [3.05, 3.63) is 0 Å². The van der Waals surface area contributed by atoms with E-state index in [1.807, 2.05) is 0 Å². The zero-order valence-corrected chi connectivity index (χ0v) is 15.9. The molecular formula is C12H30NO3P2S+. The molecule has 1 aliphatic heterocycles. The molecule has 0 spiro atoms. The summed E-state index contributed by atoms with van der Waals surface area (Å²) in [7, 11) is 0.640. The lowest BCUT2D eigenvalue weighted by atomic mass is 10.2. The highest BCUT2D eigenvalue weighted by molar-refractivity contribution is 8.33. The van der Waals surface area contributed by atoms with E-state index in [-0.39, 0.29) is 20.1 Å². The third kappa shape index (κ3) is 8.60. The van der Waals surface area contributed by atoms with Crippen LogP contribution in [0.2, 0.25) is 0 Å². The van der Waals surface area contributed by atoms with Crippen LogP contribution in [0.15, 0.2) is 0 Å². The molecule has 0 radical (unpaired) electrons. The molecule has 1 aliphatic rings. The molecule has 0 bridgehead atoms. The smallest absolute Gasteiger partial charge is 0.223 e. The van der Waals surface area contributed by atoms with Crippen molar-refractivity contribution >= 4 is 28.5 Å². The summed E-state index contributed by atoms with van der Waals surface area (Å²) in [5.41, 5.74) is 0. The second kappa shape index (κ2) is 11.4. The summed E-state index contributed by atoms with van der Waals surface area (Å²) in [6, 6.07) is 0.